The second kappa shape index (κ2) is 14.2. The number of likely N-dealkylation sites (N-methyl/N-ethyl adjacent to an activating group) is 1. The number of benzene rings is 3. The van der Waals surface area contributed by atoms with Gasteiger partial charge >= 0.3 is 0 Å². The minimum Gasteiger partial charge on any atom is -0.493 e. The molecule has 42 heavy (non-hydrogen) atoms. The zero-order valence-electron chi connectivity index (χ0n) is 25.4. The summed E-state index contributed by atoms with van der Waals surface area (Å²) in [7, 11) is -1.37. The van der Waals surface area contributed by atoms with Crippen LogP contribution in [0.5, 0.6) is 11.5 Å². The molecule has 0 aromatic heterocycles. The van der Waals surface area contributed by atoms with Crippen LogP contribution in [0.15, 0.2) is 65.6 Å². The van der Waals surface area contributed by atoms with E-state index in [-0.39, 0.29) is 23.1 Å². The number of hydrogen-bond donors (Lipinski definition) is 1. The van der Waals surface area contributed by atoms with E-state index in [2.05, 4.69) is 5.32 Å². The summed E-state index contributed by atoms with van der Waals surface area (Å²) in [5.41, 5.74) is 3.88. The van der Waals surface area contributed by atoms with E-state index in [1.165, 1.54) is 37.3 Å². The number of hydrogen-bond acceptors (Lipinski definition) is 6. The fourth-order valence-electron chi connectivity index (χ4n) is 4.95. The summed E-state index contributed by atoms with van der Waals surface area (Å²) in [5.74, 6) is -0.171. The first-order chi connectivity index (χ1) is 19.9. The van der Waals surface area contributed by atoms with Gasteiger partial charge in [0, 0.05) is 19.2 Å². The molecule has 0 saturated carbocycles. The average molecular weight is 596 g/mol. The molecule has 0 spiro atoms. The van der Waals surface area contributed by atoms with Gasteiger partial charge in [-0.15, -0.1) is 0 Å². The Labute approximate surface area is 249 Å². The Morgan fingerprint density at radius 2 is 1.52 bits per heavy atom. The van der Waals surface area contributed by atoms with Gasteiger partial charge in [-0.25, -0.2) is 8.42 Å². The van der Waals surface area contributed by atoms with E-state index in [4.69, 9.17) is 9.47 Å². The standard InChI is InChI=1S/C32H41N3O6S/c1-8-28(32(37)33-9-2)34(20-25-12-10-11-22(3)16-25)31(36)21-35(26-17-23(4)15-24(5)18-26)42(38,39)27-13-14-29(40-6)30(19-27)41-7/h10-19,28H,8-9,20-21H2,1-7H3,(H,33,37)/t28-/m1/s1. The van der Waals surface area contributed by atoms with Crippen LogP contribution in [0.4, 0.5) is 5.69 Å². The van der Waals surface area contributed by atoms with Gasteiger partial charge in [0.1, 0.15) is 12.6 Å². The predicted molar refractivity (Wildman–Crippen MR) is 164 cm³/mol. The molecule has 0 bridgehead atoms. The normalized spacial score (nSPS) is 11.9. The van der Waals surface area contributed by atoms with Gasteiger partial charge in [-0.05, 0) is 75.1 Å². The Kier molecular flexibility index (Phi) is 11.0. The van der Waals surface area contributed by atoms with Crippen molar-refractivity contribution in [1.82, 2.24) is 10.2 Å². The highest BCUT2D eigenvalue weighted by molar-refractivity contribution is 7.92. The summed E-state index contributed by atoms with van der Waals surface area (Å²) in [5, 5.41) is 2.82. The molecule has 2 amide bonds. The largest absolute Gasteiger partial charge is 0.493 e. The molecule has 3 aromatic carbocycles. The van der Waals surface area contributed by atoms with Crippen LogP contribution in [-0.2, 0) is 26.2 Å². The van der Waals surface area contributed by atoms with Crippen LogP contribution in [-0.4, -0.2) is 58.5 Å². The predicted octanol–water partition coefficient (Wildman–Crippen LogP) is 4.77. The molecule has 1 N–H and O–H groups in total. The SMILES string of the molecule is CCNC(=O)[C@@H](CC)N(Cc1cccc(C)c1)C(=O)CN(c1cc(C)cc(C)c1)S(=O)(=O)c1ccc(OC)c(OC)c1. The molecule has 0 fully saturated rings. The maximum atomic E-state index is 14.2. The summed E-state index contributed by atoms with van der Waals surface area (Å²) < 4.78 is 40.2. The van der Waals surface area contributed by atoms with Gasteiger partial charge in [-0.1, -0.05) is 42.8 Å². The Morgan fingerprint density at radius 3 is 2.10 bits per heavy atom. The van der Waals surface area contributed by atoms with Gasteiger partial charge in [-0.2, -0.15) is 0 Å². The van der Waals surface area contributed by atoms with Crippen LogP contribution in [0.2, 0.25) is 0 Å². The number of rotatable bonds is 13. The quantitative estimate of drug-likeness (QED) is 0.305. The zero-order chi connectivity index (χ0) is 31.0. The molecule has 9 nitrogen and oxygen atoms in total. The third-order valence-corrected chi connectivity index (χ3v) is 8.66. The molecule has 0 aliphatic carbocycles. The topological polar surface area (TPSA) is 105 Å². The Morgan fingerprint density at radius 1 is 0.857 bits per heavy atom. The minimum absolute atomic E-state index is 0.0619. The van der Waals surface area contributed by atoms with Crippen molar-refractivity contribution in [3.05, 3.63) is 82.9 Å². The monoisotopic (exact) mass is 595 g/mol. The van der Waals surface area contributed by atoms with Crippen molar-refractivity contribution in [2.75, 3.05) is 31.6 Å². The maximum Gasteiger partial charge on any atom is 0.264 e. The van der Waals surface area contributed by atoms with Crippen LogP contribution in [0.1, 0.15) is 42.5 Å². The lowest BCUT2D eigenvalue weighted by Gasteiger charge is -2.33. The lowest BCUT2D eigenvalue weighted by molar-refractivity contribution is -0.140. The highest BCUT2D eigenvalue weighted by Crippen LogP contribution is 2.33. The molecule has 10 heteroatoms. The van der Waals surface area contributed by atoms with E-state index < -0.39 is 28.5 Å². The highest BCUT2D eigenvalue weighted by atomic mass is 32.2. The first kappa shape index (κ1) is 32.5. The van der Waals surface area contributed by atoms with E-state index in [1.54, 1.807) is 12.1 Å². The van der Waals surface area contributed by atoms with E-state index in [9.17, 15) is 18.0 Å². The van der Waals surface area contributed by atoms with Gasteiger partial charge in [-0.3, -0.25) is 13.9 Å². The van der Waals surface area contributed by atoms with Crippen molar-refractivity contribution in [3.8, 4) is 11.5 Å². The number of carbonyl (C=O) groups excluding carboxylic acids is 2. The fraction of sp³-hybridized carbons (Fsp3) is 0.375. The second-order valence-corrected chi connectivity index (χ2v) is 12.1. The number of sulfonamides is 1. The lowest BCUT2D eigenvalue weighted by atomic mass is 10.1. The van der Waals surface area contributed by atoms with Crippen LogP contribution in [0.3, 0.4) is 0 Å². The highest BCUT2D eigenvalue weighted by Gasteiger charge is 2.34. The van der Waals surface area contributed by atoms with Crippen LogP contribution in [0, 0.1) is 20.8 Å². The van der Waals surface area contributed by atoms with Crippen molar-refractivity contribution in [2.24, 2.45) is 0 Å². The lowest BCUT2D eigenvalue weighted by Crippen LogP contribution is -2.52. The van der Waals surface area contributed by atoms with Gasteiger partial charge in [0.2, 0.25) is 11.8 Å². The number of anilines is 1. The Balaban J connectivity index is 2.14. The summed E-state index contributed by atoms with van der Waals surface area (Å²) in [4.78, 5) is 28.7. The number of ether oxygens (including phenoxy) is 2. The molecule has 3 aromatic rings. The van der Waals surface area contributed by atoms with Gasteiger partial charge in [0.25, 0.3) is 10.0 Å². The van der Waals surface area contributed by atoms with Crippen molar-refractivity contribution >= 4 is 27.5 Å². The molecule has 0 unspecified atom stereocenters. The first-order valence-electron chi connectivity index (χ1n) is 13.9. The number of amides is 2. The zero-order valence-corrected chi connectivity index (χ0v) is 26.2. The molecular formula is C32H41N3O6S. The van der Waals surface area contributed by atoms with Crippen LogP contribution in [0.25, 0.3) is 0 Å². The van der Waals surface area contributed by atoms with Gasteiger partial charge in [0.05, 0.1) is 24.8 Å². The molecule has 0 aliphatic heterocycles. The van der Waals surface area contributed by atoms with Crippen LogP contribution >= 0.6 is 0 Å². The van der Waals surface area contributed by atoms with E-state index in [0.717, 1.165) is 26.6 Å². The van der Waals surface area contributed by atoms with Crippen molar-refractivity contribution in [3.63, 3.8) is 0 Å². The molecule has 0 radical (unpaired) electrons. The maximum absolute atomic E-state index is 14.2. The molecule has 0 aliphatic rings. The third kappa shape index (κ3) is 7.61. The van der Waals surface area contributed by atoms with E-state index in [1.807, 2.05) is 65.0 Å². The first-order valence-corrected chi connectivity index (χ1v) is 15.3. The number of methoxy groups -OCH3 is 2. The van der Waals surface area contributed by atoms with Crippen molar-refractivity contribution in [1.29, 1.82) is 0 Å². The average Bonchev–Trinajstić information content (AvgIpc) is 2.94. The van der Waals surface area contributed by atoms with Gasteiger partial charge < -0.3 is 19.7 Å². The molecule has 0 heterocycles. The van der Waals surface area contributed by atoms with Crippen LogP contribution < -0.4 is 19.1 Å². The summed E-state index contributed by atoms with van der Waals surface area (Å²) in [6.07, 6.45) is 0.357. The number of carbonyl (C=O) groups is 2. The molecule has 1 atom stereocenters. The fourth-order valence-corrected chi connectivity index (χ4v) is 6.36. The molecule has 3 rings (SSSR count). The summed E-state index contributed by atoms with van der Waals surface area (Å²) in [6.45, 7) is 9.37. The Hall–Kier alpha value is -4.05. The van der Waals surface area contributed by atoms with E-state index >= 15 is 0 Å². The molecule has 0 saturated heterocycles. The van der Waals surface area contributed by atoms with Gasteiger partial charge in [0.15, 0.2) is 11.5 Å². The molecular weight excluding hydrogens is 554 g/mol. The van der Waals surface area contributed by atoms with Crippen molar-refractivity contribution in [2.45, 2.75) is 58.5 Å². The number of nitrogens with zero attached hydrogens (tertiary/aromatic N) is 2. The summed E-state index contributed by atoms with van der Waals surface area (Å²) >= 11 is 0. The third-order valence-electron chi connectivity index (χ3n) is 6.89. The Bertz CT molecular complexity index is 1500. The number of aryl methyl sites for hydroxylation is 3. The van der Waals surface area contributed by atoms with Crippen molar-refractivity contribution < 1.29 is 27.5 Å². The number of nitrogens with one attached hydrogen (secondary N) is 1. The summed E-state index contributed by atoms with van der Waals surface area (Å²) in [6, 6.07) is 16.6. The second-order valence-electron chi connectivity index (χ2n) is 10.2. The smallest absolute Gasteiger partial charge is 0.264 e. The minimum atomic E-state index is -4.27. The van der Waals surface area contributed by atoms with E-state index in [0.29, 0.717) is 24.4 Å². The molecule has 226 valence electrons.